The van der Waals surface area contributed by atoms with Crippen LogP contribution in [-0.2, 0) is 9.59 Å². The van der Waals surface area contributed by atoms with Gasteiger partial charge in [0.05, 0.1) is 10.4 Å². The van der Waals surface area contributed by atoms with Gasteiger partial charge in [-0.05, 0) is 40.5 Å². The number of aliphatic carboxylic acids is 1. The molecule has 1 aliphatic rings. The van der Waals surface area contributed by atoms with Gasteiger partial charge in [-0.1, -0.05) is 28.1 Å². The first-order valence-electron chi connectivity index (χ1n) is 6.24. The third-order valence-corrected chi connectivity index (χ3v) is 4.11. The van der Waals surface area contributed by atoms with E-state index < -0.39 is 11.9 Å². The summed E-state index contributed by atoms with van der Waals surface area (Å²) < 4.78 is 7.07. The molecule has 1 aliphatic carbocycles. The van der Waals surface area contributed by atoms with Gasteiger partial charge in [0.1, 0.15) is 5.75 Å². The molecule has 112 valence electrons. The van der Waals surface area contributed by atoms with Gasteiger partial charge in [0.15, 0.2) is 6.61 Å². The third-order valence-electron chi connectivity index (χ3n) is 3.00. The minimum Gasteiger partial charge on any atom is -0.483 e. The number of carbonyl (C=O) groups is 2. The van der Waals surface area contributed by atoms with Crippen molar-refractivity contribution in [3.05, 3.63) is 39.3 Å². The van der Waals surface area contributed by atoms with Crippen molar-refractivity contribution in [3.8, 4) is 5.75 Å². The molecule has 7 heteroatoms. The molecule has 0 saturated heterocycles. The lowest BCUT2D eigenvalue weighted by Gasteiger charge is -2.13. The van der Waals surface area contributed by atoms with E-state index in [2.05, 4.69) is 37.2 Å². The Labute approximate surface area is 138 Å². The zero-order valence-corrected chi connectivity index (χ0v) is 14.1. The molecule has 0 aliphatic heterocycles. The number of carboxylic acid groups (broad SMARTS) is 1. The molecule has 2 N–H and O–H groups in total. The Morgan fingerprint density at radius 1 is 1.33 bits per heavy atom. The zero-order chi connectivity index (χ0) is 15.4. The fraction of sp³-hybridized carbons (Fsp3) is 0.286. The summed E-state index contributed by atoms with van der Waals surface area (Å²) in [6, 6.07) is 5.13. The second-order valence-electron chi connectivity index (χ2n) is 4.60. The Bertz CT molecular complexity index is 588. The van der Waals surface area contributed by atoms with Crippen molar-refractivity contribution in [1.29, 1.82) is 0 Å². The Hall–Kier alpha value is -1.34. The highest BCUT2D eigenvalue weighted by atomic mass is 79.9. The molecule has 5 nitrogen and oxygen atoms in total. The van der Waals surface area contributed by atoms with E-state index in [0.717, 1.165) is 8.95 Å². The molecule has 0 aromatic heterocycles. The maximum atomic E-state index is 11.8. The smallest absolute Gasteiger partial charge is 0.310 e. The number of ether oxygens (including phenoxy) is 1. The molecule has 1 amide bonds. The van der Waals surface area contributed by atoms with E-state index >= 15 is 0 Å². The van der Waals surface area contributed by atoms with Gasteiger partial charge in [0, 0.05) is 10.5 Å². The number of hydrogen-bond donors (Lipinski definition) is 2. The summed E-state index contributed by atoms with van der Waals surface area (Å²) in [7, 11) is 0. The number of carboxylic acids is 1. The van der Waals surface area contributed by atoms with Gasteiger partial charge in [-0.25, -0.2) is 0 Å². The Kier molecular flexibility index (Phi) is 5.41. The number of benzene rings is 1. The Morgan fingerprint density at radius 2 is 2.10 bits per heavy atom. The first-order chi connectivity index (χ1) is 9.95. The van der Waals surface area contributed by atoms with Crippen molar-refractivity contribution >= 4 is 43.7 Å². The van der Waals surface area contributed by atoms with Crippen LogP contribution < -0.4 is 10.1 Å². The van der Waals surface area contributed by atoms with E-state index in [-0.39, 0.29) is 18.6 Å². The van der Waals surface area contributed by atoms with Gasteiger partial charge in [0.25, 0.3) is 5.91 Å². The number of halogens is 2. The molecule has 0 heterocycles. The van der Waals surface area contributed by atoms with Crippen LogP contribution in [0.15, 0.2) is 39.3 Å². The van der Waals surface area contributed by atoms with E-state index in [1.54, 1.807) is 18.2 Å². The third kappa shape index (κ3) is 4.57. The summed E-state index contributed by atoms with van der Waals surface area (Å²) in [4.78, 5) is 22.6. The molecule has 2 unspecified atom stereocenters. The lowest BCUT2D eigenvalue weighted by molar-refractivity contribution is -0.140. The second kappa shape index (κ2) is 7.09. The molecule has 2 atom stereocenters. The average Bonchev–Trinajstić information content (AvgIpc) is 2.86. The minimum atomic E-state index is -0.877. The highest BCUT2D eigenvalue weighted by Gasteiger charge is 2.25. The summed E-state index contributed by atoms with van der Waals surface area (Å²) >= 11 is 6.68. The zero-order valence-electron chi connectivity index (χ0n) is 10.9. The van der Waals surface area contributed by atoms with Crippen molar-refractivity contribution in [2.24, 2.45) is 5.92 Å². The van der Waals surface area contributed by atoms with Gasteiger partial charge in [-0.15, -0.1) is 0 Å². The Balaban J connectivity index is 1.81. The summed E-state index contributed by atoms with van der Waals surface area (Å²) in [6.45, 7) is -0.123. The van der Waals surface area contributed by atoms with Crippen LogP contribution in [0.25, 0.3) is 0 Å². The fourth-order valence-corrected chi connectivity index (χ4v) is 3.13. The van der Waals surface area contributed by atoms with Gasteiger partial charge < -0.3 is 15.2 Å². The molecular formula is C14H13Br2NO4. The molecule has 0 spiro atoms. The van der Waals surface area contributed by atoms with Crippen molar-refractivity contribution in [3.63, 3.8) is 0 Å². The van der Waals surface area contributed by atoms with Crippen LogP contribution in [0.2, 0.25) is 0 Å². The SMILES string of the molecule is O=C(COc1ccc(Br)cc1Br)NC1C=CC(C(=O)O)C1. The number of nitrogens with one attached hydrogen (secondary N) is 1. The van der Waals surface area contributed by atoms with Crippen LogP contribution in [0.1, 0.15) is 6.42 Å². The summed E-state index contributed by atoms with van der Waals surface area (Å²) in [5.41, 5.74) is 0. The average molecular weight is 419 g/mol. The quantitative estimate of drug-likeness (QED) is 0.721. The second-order valence-corrected chi connectivity index (χ2v) is 6.37. The van der Waals surface area contributed by atoms with Gasteiger partial charge in [-0.2, -0.15) is 0 Å². The number of hydrogen-bond acceptors (Lipinski definition) is 3. The van der Waals surface area contributed by atoms with Crippen molar-refractivity contribution in [2.75, 3.05) is 6.61 Å². The molecule has 0 saturated carbocycles. The maximum absolute atomic E-state index is 11.8. The van der Waals surface area contributed by atoms with Crippen molar-refractivity contribution in [2.45, 2.75) is 12.5 Å². The van der Waals surface area contributed by atoms with Crippen LogP contribution >= 0.6 is 31.9 Å². The monoisotopic (exact) mass is 417 g/mol. The number of rotatable bonds is 5. The summed E-state index contributed by atoms with van der Waals surface area (Å²) in [6.07, 6.45) is 3.68. The van der Waals surface area contributed by atoms with Crippen LogP contribution in [-0.4, -0.2) is 29.6 Å². The first-order valence-corrected chi connectivity index (χ1v) is 7.82. The number of carbonyl (C=O) groups excluding carboxylic acids is 1. The molecule has 1 aromatic carbocycles. The highest BCUT2D eigenvalue weighted by Crippen LogP contribution is 2.28. The molecule has 1 aromatic rings. The lowest BCUT2D eigenvalue weighted by atomic mass is 10.1. The van der Waals surface area contributed by atoms with E-state index in [1.807, 2.05) is 12.1 Å². The minimum absolute atomic E-state index is 0.123. The number of amides is 1. The van der Waals surface area contributed by atoms with E-state index in [0.29, 0.717) is 12.2 Å². The van der Waals surface area contributed by atoms with Crippen LogP contribution in [0.4, 0.5) is 0 Å². The fourth-order valence-electron chi connectivity index (χ4n) is 1.97. The van der Waals surface area contributed by atoms with Crippen LogP contribution in [0.3, 0.4) is 0 Å². The van der Waals surface area contributed by atoms with Gasteiger partial charge in [0.2, 0.25) is 0 Å². The maximum Gasteiger partial charge on any atom is 0.310 e. The summed E-state index contributed by atoms with van der Waals surface area (Å²) in [5.74, 6) is -1.13. The lowest BCUT2D eigenvalue weighted by Crippen LogP contribution is -2.36. The summed E-state index contributed by atoms with van der Waals surface area (Å²) in [5, 5.41) is 11.6. The highest BCUT2D eigenvalue weighted by molar-refractivity contribution is 9.11. The molecule has 21 heavy (non-hydrogen) atoms. The van der Waals surface area contributed by atoms with Crippen LogP contribution in [0.5, 0.6) is 5.75 Å². The molecule has 0 fully saturated rings. The Morgan fingerprint density at radius 3 is 2.71 bits per heavy atom. The molecule has 0 bridgehead atoms. The normalized spacial score (nSPS) is 20.3. The van der Waals surface area contributed by atoms with E-state index in [1.165, 1.54) is 0 Å². The van der Waals surface area contributed by atoms with Crippen molar-refractivity contribution < 1.29 is 19.4 Å². The molecular weight excluding hydrogens is 406 g/mol. The predicted molar refractivity (Wildman–Crippen MR) is 84.2 cm³/mol. The topological polar surface area (TPSA) is 75.6 Å². The largest absolute Gasteiger partial charge is 0.483 e. The molecule has 0 radical (unpaired) electrons. The van der Waals surface area contributed by atoms with Gasteiger partial charge in [-0.3, -0.25) is 9.59 Å². The predicted octanol–water partition coefficient (Wildman–Crippen LogP) is 2.74. The standard InChI is InChI=1S/C14H13Br2NO4/c15-9-2-4-12(11(16)6-9)21-7-13(18)17-10-3-1-8(5-10)14(19)20/h1-4,6,8,10H,5,7H2,(H,17,18)(H,19,20). The van der Waals surface area contributed by atoms with Gasteiger partial charge >= 0.3 is 5.97 Å². The molecule has 2 rings (SSSR count). The van der Waals surface area contributed by atoms with Crippen molar-refractivity contribution in [1.82, 2.24) is 5.32 Å². The van der Waals surface area contributed by atoms with Crippen LogP contribution in [0, 0.1) is 5.92 Å². The first kappa shape index (κ1) is 16.0. The van der Waals surface area contributed by atoms with E-state index in [9.17, 15) is 9.59 Å². The van der Waals surface area contributed by atoms with E-state index in [4.69, 9.17) is 9.84 Å².